The summed E-state index contributed by atoms with van der Waals surface area (Å²) in [5, 5.41) is 4.61. The molecule has 0 aromatic heterocycles. The standard InChI is InChI=1S/C14H21N3O/c1-11-6-7-13(10-12(11)2)16-14(18)17-9-5-3-4-8-15-17/h6-7,10,15H,3-5,8-9H2,1-2H3,(H,16,18). The van der Waals surface area contributed by atoms with Crippen LogP contribution in [0.1, 0.15) is 30.4 Å². The van der Waals surface area contributed by atoms with Crippen LogP contribution in [-0.2, 0) is 0 Å². The van der Waals surface area contributed by atoms with Gasteiger partial charge in [0.2, 0.25) is 0 Å². The van der Waals surface area contributed by atoms with Crippen LogP contribution in [0.4, 0.5) is 10.5 Å². The molecule has 1 aliphatic rings. The predicted molar refractivity (Wildman–Crippen MR) is 73.5 cm³/mol. The summed E-state index contributed by atoms with van der Waals surface area (Å²) in [5.41, 5.74) is 6.43. The highest BCUT2D eigenvalue weighted by Crippen LogP contribution is 2.14. The fourth-order valence-electron chi connectivity index (χ4n) is 2.05. The quantitative estimate of drug-likeness (QED) is 0.801. The zero-order valence-electron chi connectivity index (χ0n) is 11.1. The molecule has 0 spiro atoms. The Balaban J connectivity index is 1.99. The largest absolute Gasteiger partial charge is 0.336 e. The molecule has 2 rings (SSSR count). The van der Waals surface area contributed by atoms with Crippen molar-refractivity contribution in [1.82, 2.24) is 10.4 Å². The Morgan fingerprint density at radius 1 is 1.22 bits per heavy atom. The Labute approximate surface area is 108 Å². The highest BCUT2D eigenvalue weighted by atomic mass is 16.2. The number of hydrazine groups is 1. The number of hydrogen-bond donors (Lipinski definition) is 2. The Hall–Kier alpha value is -1.55. The van der Waals surface area contributed by atoms with E-state index >= 15 is 0 Å². The number of benzene rings is 1. The van der Waals surface area contributed by atoms with Crippen molar-refractivity contribution in [3.05, 3.63) is 29.3 Å². The first-order valence-electron chi connectivity index (χ1n) is 6.56. The topological polar surface area (TPSA) is 44.4 Å². The summed E-state index contributed by atoms with van der Waals surface area (Å²) in [6.07, 6.45) is 3.38. The average Bonchev–Trinajstić information content (AvgIpc) is 2.62. The van der Waals surface area contributed by atoms with Gasteiger partial charge in [0, 0.05) is 18.8 Å². The van der Waals surface area contributed by atoms with Crippen LogP contribution in [0.5, 0.6) is 0 Å². The molecular weight excluding hydrogens is 226 g/mol. The van der Waals surface area contributed by atoms with E-state index in [9.17, 15) is 4.79 Å². The van der Waals surface area contributed by atoms with Crippen molar-refractivity contribution in [3.63, 3.8) is 0 Å². The molecule has 1 saturated heterocycles. The van der Waals surface area contributed by atoms with Gasteiger partial charge >= 0.3 is 6.03 Å². The van der Waals surface area contributed by atoms with Gasteiger partial charge in [-0.25, -0.2) is 10.2 Å². The van der Waals surface area contributed by atoms with Crippen molar-refractivity contribution in [3.8, 4) is 0 Å². The molecule has 1 aliphatic heterocycles. The molecular formula is C14H21N3O. The summed E-state index contributed by atoms with van der Waals surface area (Å²) < 4.78 is 0. The van der Waals surface area contributed by atoms with Gasteiger partial charge in [0.25, 0.3) is 0 Å². The minimum absolute atomic E-state index is 0.0693. The molecule has 1 aromatic rings. The maximum Gasteiger partial charge on any atom is 0.336 e. The smallest absolute Gasteiger partial charge is 0.307 e. The van der Waals surface area contributed by atoms with Gasteiger partial charge in [-0.1, -0.05) is 12.5 Å². The summed E-state index contributed by atoms with van der Waals surface area (Å²) in [6.45, 7) is 5.77. The van der Waals surface area contributed by atoms with E-state index in [2.05, 4.69) is 24.6 Å². The molecule has 2 N–H and O–H groups in total. The lowest BCUT2D eigenvalue weighted by Gasteiger charge is -2.21. The molecule has 4 nitrogen and oxygen atoms in total. The van der Waals surface area contributed by atoms with Crippen molar-refractivity contribution in [2.75, 3.05) is 18.4 Å². The van der Waals surface area contributed by atoms with Gasteiger partial charge in [0.15, 0.2) is 0 Å². The van der Waals surface area contributed by atoms with Gasteiger partial charge in [-0.3, -0.25) is 5.01 Å². The molecule has 0 bridgehead atoms. The van der Waals surface area contributed by atoms with Gasteiger partial charge in [-0.05, 0) is 49.9 Å². The number of amides is 2. The fraction of sp³-hybridized carbons (Fsp3) is 0.500. The number of nitrogens with one attached hydrogen (secondary N) is 2. The van der Waals surface area contributed by atoms with Crippen LogP contribution in [-0.4, -0.2) is 24.1 Å². The average molecular weight is 247 g/mol. The minimum Gasteiger partial charge on any atom is -0.307 e. The number of hydrogen-bond acceptors (Lipinski definition) is 2. The summed E-state index contributed by atoms with van der Waals surface area (Å²) in [5.74, 6) is 0. The summed E-state index contributed by atoms with van der Waals surface area (Å²) in [6, 6.07) is 5.91. The van der Waals surface area contributed by atoms with Gasteiger partial charge in [-0.2, -0.15) is 0 Å². The number of nitrogens with zero attached hydrogens (tertiary/aromatic N) is 1. The van der Waals surface area contributed by atoms with E-state index in [4.69, 9.17) is 0 Å². The Morgan fingerprint density at radius 2 is 2.06 bits per heavy atom. The fourth-order valence-corrected chi connectivity index (χ4v) is 2.05. The lowest BCUT2D eigenvalue weighted by Crippen LogP contribution is -2.44. The third-order valence-electron chi connectivity index (χ3n) is 3.36. The van der Waals surface area contributed by atoms with Crippen molar-refractivity contribution in [1.29, 1.82) is 0 Å². The molecule has 0 atom stereocenters. The van der Waals surface area contributed by atoms with Crippen molar-refractivity contribution >= 4 is 11.7 Å². The zero-order chi connectivity index (χ0) is 13.0. The number of carbonyl (C=O) groups is 1. The summed E-state index contributed by atoms with van der Waals surface area (Å²) >= 11 is 0. The van der Waals surface area contributed by atoms with E-state index in [0.29, 0.717) is 0 Å². The molecule has 18 heavy (non-hydrogen) atoms. The van der Waals surface area contributed by atoms with E-state index in [1.165, 1.54) is 17.5 Å². The molecule has 0 saturated carbocycles. The van der Waals surface area contributed by atoms with Crippen molar-refractivity contribution < 1.29 is 4.79 Å². The minimum atomic E-state index is -0.0693. The second kappa shape index (κ2) is 5.87. The van der Waals surface area contributed by atoms with Crippen LogP contribution in [0.25, 0.3) is 0 Å². The summed E-state index contributed by atoms with van der Waals surface area (Å²) in [7, 11) is 0. The molecule has 0 unspecified atom stereocenters. The van der Waals surface area contributed by atoms with Crippen LogP contribution >= 0.6 is 0 Å². The van der Waals surface area contributed by atoms with Gasteiger partial charge < -0.3 is 5.32 Å². The molecule has 0 radical (unpaired) electrons. The number of carbonyl (C=O) groups excluding carboxylic acids is 1. The third kappa shape index (κ3) is 3.23. The Bertz CT molecular complexity index is 423. The Kier molecular flexibility index (Phi) is 4.20. The normalized spacial score (nSPS) is 16.2. The van der Waals surface area contributed by atoms with Crippen LogP contribution in [0.15, 0.2) is 18.2 Å². The van der Waals surface area contributed by atoms with Crippen LogP contribution < -0.4 is 10.7 Å². The zero-order valence-corrected chi connectivity index (χ0v) is 11.1. The monoisotopic (exact) mass is 247 g/mol. The maximum atomic E-state index is 12.1. The summed E-state index contributed by atoms with van der Waals surface area (Å²) in [4.78, 5) is 12.1. The molecule has 2 amide bonds. The van der Waals surface area contributed by atoms with Gasteiger partial charge in [-0.15, -0.1) is 0 Å². The van der Waals surface area contributed by atoms with E-state index < -0.39 is 0 Å². The molecule has 4 heteroatoms. The highest BCUT2D eigenvalue weighted by Gasteiger charge is 2.15. The van der Waals surface area contributed by atoms with Crippen LogP contribution in [0.2, 0.25) is 0 Å². The molecule has 1 aromatic carbocycles. The first-order valence-corrected chi connectivity index (χ1v) is 6.56. The van der Waals surface area contributed by atoms with Crippen LogP contribution in [0, 0.1) is 13.8 Å². The molecule has 1 heterocycles. The number of anilines is 1. The molecule has 98 valence electrons. The lowest BCUT2D eigenvalue weighted by molar-refractivity contribution is 0.189. The van der Waals surface area contributed by atoms with E-state index in [1.54, 1.807) is 5.01 Å². The number of rotatable bonds is 1. The predicted octanol–water partition coefficient (Wildman–Crippen LogP) is 2.83. The van der Waals surface area contributed by atoms with E-state index in [0.717, 1.165) is 31.6 Å². The van der Waals surface area contributed by atoms with Crippen molar-refractivity contribution in [2.24, 2.45) is 0 Å². The van der Waals surface area contributed by atoms with Crippen LogP contribution in [0.3, 0.4) is 0 Å². The SMILES string of the molecule is Cc1ccc(NC(=O)N2CCCCCN2)cc1C. The van der Waals surface area contributed by atoms with Gasteiger partial charge in [0.1, 0.15) is 0 Å². The van der Waals surface area contributed by atoms with Gasteiger partial charge in [0.05, 0.1) is 0 Å². The molecule has 1 fully saturated rings. The first-order chi connectivity index (χ1) is 8.66. The Morgan fingerprint density at radius 3 is 2.83 bits per heavy atom. The van der Waals surface area contributed by atoms with E-state index in [-0.39, 0.29) is 6.03 Å². The maximum absolute atomic E-state index is 12.1. The second-order valence-corrected chi connectivity index (χ2v) is 4.85. The number of aryl methyl sites for hydroxylation is 2. The van der Waals surface area contributed by atoms with Crippen molar-refractivity contribution in [2.45, 2.75) is 33.1 Å². The second-order valence-electron chi connectivity index (χ2n) is 4.85. The lowest BCUT2D eigenvalue weighted by atomic mass is 10.1. The van der Waals surface area contributed by atoms with E-state index in [1.807, 2.05) is 18.2 Å². The third-order valence-corrected chi connectivity index (χ3v) is 3.36. The first kappa shape index (κ1) is 12.9. The number of urea groups is 1. The highest BCUT2D eigenvalue weighted by molar-refractivity contribution is 5.89. The molecule has 0 aliphatic carbocycles.